The van der Waals surface area contributed by atoms with E-state index >= 15 is 0 Å². The van der Waals surface area contributed by atoms with Gasteiger partial charge in [0.1, 0.15) is 5.01 Å². The zero-order valence-electron chi connectivity index (χ0n) is 16.6. The van der Waals surface area contributed by atoms with Crippen molar-refractivity contribution in [1.29, 1.82) is 0 Å². The first-order chi connectivity index (χ1) is 13.9. The Morgan fingerprint density at radius 2 is 1.83 bits per heavy atom. The number of hydrogen-bond donors (Lipinski definition) is 2. The third-order valence-corrected chi connectivity index (χ3v) is 6.46. The average molecular weight is 429 g/mol. The van der Waals surface area contributed by atoms with Crippen molar-refractivity contribution in [3.05, 3.63) is 70.0 Å². The van der Waals surface area contributed by atoms with Crippen LogP contribution in [0.5, 0.6) is 0 Å². The van der Waals surface area contributed by atoms with Gasteiger partial charge < -0.3 is 10.6 Å². The molecule has 0 saturated heterocycles. The van der Waals surface area contributed by atoms with E-state index in [4.69, 9.17) is 0 Å². The monoisotopic (exact) mass is 428 g/mol. The van der Waals surface area contributed by atoms with Gasteiger partial charge in [0.2, 0.25) is 0 Å². The molecule has 0 fully saturated rings. The molecule has 152 valence electrons. The second kappa shape index (κ2) is 9.19. The summed E-state index contributed by atoms with van der Waals surface area (Å²) in [6.45, 7) is 2.92. The Labute approximate surface area is 175 Å². The van der Waals surface area contributed by atoms with Crippen LogP contribution in [0, 0.1) is 6.92 Å². The van der Waals surface area contributed by atoms with Crippen LogP contribution in [0.4, 0.5) is 0 Å². The molecule has 29 heavy (non-hydrogen) atoms. The highest BCUT2D eigenvalue weighted by Crippen LogP contribution is 2.21. The molecule has 2 aromatic carbocycles. The molecule has 8 heteroatoms. The third kappa shape index (κ3) is 5.65. The Morgan fingerprint density at radius 1 is 1.10 bits per heavy atom. The van der Waals surface area contributed by atoms with Crippen LogP contribution in [0.1, 0.15) is 16.1 Å². The minimum Gasteiger partial charge on any atom is -0.352 e. The summed E-state index contributed by atoms with van der Waals surface area (Å²) in [7, 11) is -1.49. The Morgan fingerprint density at radius 3 is 2.48 bits per heavy atom. The Hall–Kier alpha value is -2.71. The number of rotatable bonds is 6. The molecule has 3 aromatic rings. The van der Waals surface area contributed by atoms with Crippen LogP contribution in [0.25, 0.3) is 11.3 Å². The van der Waals surface area contributed by atoms with Crippen LogP contribution in [-0.4, -0.2) is 32.7 Å². The van der Waals surface area contributed by atoms with Crippen molar-refractivity contribution in [3.8, 4) is 11.3 Å². The molecule has 0 unspecified atom stereocenters. The Balaban J connectivity index is 1.57. The van der Waals surface area contributed by atoms with Crippen LogP contribution in [0.2, 0.25) is 0 Å². The minimum absolute atomic E-state index is 0.363. The molecule has 0 radical (unpaired) electrons. The summed E-state index contributed by atoms with van der Waals surface area (Å²) >= 11 is 1.60. The minimum atomic E-state index is -3.21. The van der Waals surface area contributed by atoms with E-state index in [-0.39, 0.29) is 0 Å². The quantitative estimate of drug-likeness (QED) is 0.464. The Kier molecular flexibility index (Phi) is 6.66. The largest absolute Gasteiger partial charge is 0.352 e. The van der Waals surface area contributed by atoms with Gasteiger partial charge in [-0.05, 0) is 24.1 Å². The SMILES string of the molecule is CN=C(NCc1ccc(S(C)(=O)=O)c(C)c1)NCc1nc(-c2ccccc2)cs1. The van der Waals surface area contributed by atoms with Crippen molar-refractivity contribution in [1.82, 2.24) is 15.6 Å². The number of sulfone groups is 1. The van der Waals surface area contributed by atoms with Gasteiger partial charge in [-0.15, -0.1) is 11.3 Å². The number of aryl methyl sites for hydroxylation is 1. The number of nitrogens with zero attached hydrogens (tertiary/aromatic N) is 2. The summed E-state index contributed by atoms with van der Waals surface area (Å²) in [5.41, 5.74) is 3.80. The molecule has 1 aromatic heterocycles. The molecule has 2 N–H and O–H groups in total. The van der Waals surface area contributed by atoms with Gasteiger partial charge in [0.05, 0.1) is 17.1 Å². The van der Waals surface area contributed by atoms with E-state index in [0.29, 0.717) is 23.9 Å². The number of nitrogens with one attached hydrogen (secondary N) is 2. The highest BCUT2D eigenvalue weighted by atomic mass is 32.2. The standard InChI is InChI=1S/C21H24N4O2S2/c1-15-11-16(9-10-19(15)29(3,26)27)12-23-21(22-2)24-13-20-25-18(14-28-20)17-7-5-4-6-8-17/h4-11,14H,12-13H2,1-3H3,(H2,22,23,24). The van der Waals surface area contributed by atoms with E-state index < -0.39 is 9.84 Å². The summed E-state index contributed by atoms with van der Waals surface area (Å²) in [5.74, 6) is 0.659. The number of hydrogen-bond acceptors (Lipinski definition) is 5. The van der Waals surface area contributed by atoms with E-state index in [2.05, 4.69) is 26.0 Å². The number of guanidine groups is 1. The van der Waals surface area contributed by atoms with Crippen LogP contribution in [0.3, 0.4) is 0 Å². The van der Waals surface area contributed by atoms with Crippen molar-refractivity contribution in [2.24, 2.45) is 4.99 Å². The van der Waals surface area contributed by atoms with Crippen LogP contribution in [-0.2, 0) is 22.9 Å². The summed E-state index contributed by atoms with van der Waals surface area (Å²) < 4.78 is 23.5. The fraction of sp³-hybridized carbons (Fsp3) is 0.238. The lowest BCUT2D eigenvalue weighted by atomic mass is 10.1. The molecular weight excluding hydrogens is 404 g/mol. The lowest BCUT2D eigenvalue weighted by Crippen LogP contribution is -2.36. The smallest absolute Gasteiger partial charge is 0.191 e. The number of benzene rings is 2. The summed E-state index contributed by atoms with van der Waals surface area (Å²) in [6.07, 6.45) is 1.22. The number of thiazole rings is 1. The molecule has 3 rings (SSSR count). The van der Waals surface area contributed by atoms with Gasteiger partial charge in [-0.3, -0.25) is 4.99 Å². The fourth-order valence-corrected chi connectivity index (χ4v) is 4.64. The number of aliphatic imine (C=N–C) groups is 1. The predicted octanol–water partition coefficient (Wildman–Crippen LogP) is 3.39. The molecule has 0 amide bonds. The van der Waals surface area contributed by atoms with Crippen molar-refractivity contribution < 1.29 is 8.42 Å². The van der Waals surface area contributed by atoms with Gasteiger partial charge in [0.15, 0.2) is 15.8 Å². The third-order valence-electron chi connectivity index (χ3n) is 4.35. The first-order valence-corrected chi connectivity index (χ1v) is 11.9. The first-order valence-electron chi connectivity index (χ1n) is 9.11. The van der Waals surface area contributed by atoms with E-state index in [1.165, 1.54) is 6.26 Å². The summed E-state index contributed by atoms with van der Waals surface area (Å²) in [5, 5.41) is 9.53. The van der Waals surface area contributed by atoms with Crippen LogP contribution < -0.4 is 10.6 Å². The van der Waals surface area contributed by atoms with Gasteiger partial charge >= 0.3 is 0 Å². The maximum atomic E-state index is 11.7. The van der Waals surface area contributed by atoms with Gasteiger partial charge in [-0.2, -0.15) is 0 Å². The van der Waals surface area contributed by atoms with Crippen LogP contribution in [0.15, 0.2) is 63.8 Å². The van der Waals surface area contributed by atoms with E-state index in [9.17, 15) is 8.42 Å². The molecule has 0 aliphatic heterocycles. The highest BCUT2D eigenvalue weighted by molar-refractivity contribution is 7.90. The molecular formula is C21H24N4O2S2. The summed E-state index contributed by atoms with van der Waals surface area (Å²) in [4.78, 5) is 9.27. The predicted molar refractivity (Wildman–Crippen MR) is 119 cm³/mol. The molecule has 0 aliphatic rings. The average Bonchev–Trinajstić information content (AvgIpc) is 3.17. The van der Waals surface area contributed by atoms with Crippen LogP contribution >= 0.6 is 11.3 Å². The second-order valence-electron chi connectivity index (χ2n) is 6.64. The lowest BCUT2D eigenvalue weighted by molar-refractivity contribution is 0.601. The topological polar surface area (TPSA) is 83.5 Å². The molecule has 6 nitrogen and oxygen atoms in total. The lowest BCUT2D eigenvalue weighted by Gasteiger charge is -2.12. The molecule has 1 heterocycles. The molecule has 0 saturated carbocycles. The normalized spacial score (nSPS) is 12.0. The maximum Gasteiger partial charge on any atom is 0.191 e. The highest BCUT2D eigenvalue weighted by Gasteiger charge is 2.11. The van der Waals surface area contributed by atoms with Gasteiger partial charge in [0.25, 0.3) is 0 Å². The van der Waals surface area contributed by atoms with Crippen molar-refractivity contribution >= 4 is 27.1 Å². The van der Waals surface area contributed by atoms with Crippen molar-refractivity contribution in [2.45, 2.75) is 24.9 Å². The van der Waals surface area contributed by atoms with E-state index in [1.807, 2.05) is 42.5 Å². The van der Waals surface area contributed by atoms with Crippen molar-refractivity contribution in [3.63, 3.8) is 0 Å². The second-order valence-corrected chi connectivity index (χ2v) is 9.57. The molecule has 0 atom stereocenters. The number of aromatic nitrogens is 1. The van der Waals surface area contributed by atoms with E-state index in [0.717, 1.165) is 27.4 Å². The molecule has 0 bridgehead atoms. The van der Waals surface area contributed by atoms with Gasteiger partial charge in [0, 0.05) is 30.8 Å². The maximum absolute atomic E-state index is 11.7. The zero-order valence-corrected chi connectivity index (χ0v) is 18.3. The van der Waals surface area contributed by atoms with E-state index in [1.54, 1.807) is 31.4 Å². The van der Waals surface area contributed by atoms with Crippen molar-refractivity contribution in [2.75, 3.05) is 13.3 Å². The molecule has 0 spiro atoms. The summed E-state index contributed by atoms with van der Waals surface area (Å²) in [6, 6.07) is 15.4. The zero-order chi connectivity index (χ0) is 20.9. The molecule has 0 aliphatic carbocycles. The first kappa shape index (κ1) is 21.0. The fourth-order valence-electron chi connectivity index (χ4n) is 2.94. The van der Waals surface area contributed by atoms with Gasteiger partial charge in [-0.25, -0.2) is 13.4 Å². The Bertz CT molecular complexity index is 1110. The van der Waals surface area contributed by atoms with Gasteiger partial charge in [-0.1, -0.05) is 42.5 Å².